The zero-order valence-corrected chi connectivity index (χ0v) is 20.5. The summed E-state index contributed by atoms with van der Waals surface area (Å²) in [6.07, 6.45) is 2.33. The lowest BCUT2D eigenvalue weighted by Crippen LogP contribution is -2.52. The summed E-state index contributed by atoms with van der Waals surface area (Å²) in [5, 5.41) is 4.03. The van der Waals surface area contributed by atoms with Crippen molar-refractivity contribution >= 4 is 33.6 Å². The van der Waals surface area contributed by atoms with E-state index in [1.807, 2.05) is 67.3 Å². The van der Waals surface area contributed by atoms with Crippen LogP contribution in [0.4, 0.5) is 5.69 Å². The lowest BCUT2D eigenvalue weighted by Gasteiger charge is -2.34. The number of piperazine rings is 1. The number of aryl methyl sites for hydroxylation is 2. The van der Waals surface area contributed by atoms with Crippen LogP contribution in [0.1, 0.15) is 23.6 Å². The molecule has 0 aromatic heterocycles. The number of amides is 2. The van der Waals surface area contributed by atoms with Gasteiger partial charge in [0.15, 0.2) is 0 Å². The number of sulfonamides is 1. The summed E-state index contributed by atoms with van der Waals surface area (Å²) < 4.78 is 26.7. The highest BCUT2D eigenvalue weighted by molar-refractivity contribution is 7.92. The van der Waals surface area contributed by atoms with Crippen molar-refractivity contribution in [2.24, 2.45) is 0 Å². The average Bonchev–Trinajstić information content (AvgIpc) is 2.83. The molecule has 1 aliphatic heterocycles. The molecule has 0 saturated carbocycles. The summed E-state index contributed by atoms with van der Waals surface area (Å²) in [6, 6.07) is 15.2. The van der Waals surface area contributed by atoms with Gasteiger partial charge in [0.05, 0.1) is 13.1 Å². The van der Waals surface area contributed by atoms with E-state index in [4.69, 9.17) is 0 Å². The first-order chi connectivity index (χ1) is 16.3. The Labute approximate surface area is 201 Å². The number of rotatable bonds is 9. The minimum absolute atomic E-state index is 0.0891. The number of benzene rings is 2. The van der Waals surface area contributed by atoms with Crippen LogP contribution >= 0.6 is 0 Å². The molecule has 9 heteroatoms. The molecule has 2 amide bonds. The molecule has 182 valence electrons. The first kappa shape index (κ1) is 25.6. The highest BCUT2D eigenvalue weighted by Gasteiger charge is 2.23. The second-order valence-electron chi connectivity index (χ2n) is 8.30. The van der Waals surface area contributed by atoms with Crippen LogP contribution in [0.2, 0.25) is 0 Å². The number of carbonyl (C=O) groups is 2. The van der Waals surface area contributed by atoms with Gasteiger partial charge >= 0.3 is 0 Å². The second-order valence-corrected chi connectivity index (χ2v) is 9.95. The minimum Gasteiger partial charge on any atom is -0.339 e. The van der Waals surface area contributed by atoms with Gasteiger partial charge in [0.2, 0.25) is 21.8 Å². The fraction of sp³-hybridized carbons (Fsp3) is 0.360. The van der Waals surface area contributed by atoms with E-state index >= 15 is 0 Å². The van der Waals surface area contributed by atoms with E-state index in [1.54, 1.807) is 4.90 Å². The molecule has 2 aromatic rings. The summed E-state index contributed by atoms with van der Waals surface area (Å²) >= 11 is 0. The number of carbonyl (C=O) groups excluding carboxylic acids is 2. The Balaban J connectivity index is 1.41. The summed E-state index contributed by atoms with van der Waals surface area (Å²) in [4.78, 5) is 28.5. The van der Waals surface area contributed by atoms with Crippen molar-refractivity contribution in [3.8, 4) is 0 Å². The molecule has 0 atom stereocenters. The smallest absolute Gasteiger partial charge is 0.238 e. The molecular formula is C25H32N4O4S. The quantitative estimate of drug-likeness (QED) is 0.569. The topological polar surface area (TPSA) is 98.8 Å². The van der Waals surface area contributed by atoms with E-state index in [0.717, 1.165) is 34.2 Å². The van der Waals surface area contributed by atoms with Gasteiger partial charge in [-0.2, -0.15) is 0 Å². The first-order valence-electron chi connectivity index (χ1n) is 11.4. The number of hydrogen-bond acceptors (Lipinski definition) is 5. The van der Waals surface area contributed by atoms with E-state index in [1.165, 1.54) is 6.08 Å². The summed E-state index contributed by atoms with van der Waals surface area (Å²) in [7, 11) is -3.73. The Morgan fingerprint density at radius 2 is 1.68 bits per heavy atom. The van der Waals surface area contributed by atoms with Crippen molar-refractivity contribution in [2.45, 2.75) is 20.3 Å². The Morgan fingerprint density at radius 1 is 1.00 bits per heavy atom. The van der Waals surface area contributed by atoms with Crippen molar-refractivity contribution in [3.63, 3.8) is 0 Å². The van der Waals surface area contributed by atoms with Gasteiger partial charge < -0.3 is 10.2 Å². The van der Waals surface area contributed by atoms with E-state index in [2.05, 4.69) is 10.0 Å². The van der Waals surface area contributed by atoms with E-state index in [0.29, 0.717) is 26.2 Å². The molecule has 1 heterocycles. The molecule has 8 nitrogen and oxygen atoms in total. The molecule has 3 rings (SSSR count). The first-order valence-corrected chi connectivity index (χ1v) is 12.9. The predicted molar refractivity (Wildman–Crippen MR) is 135 cm³/mol. The van der Waals surface area contributed by atoms with Gasteiger partial charge in [0.1, 0.15) is 0 Å². The third-order valence-corrected chi connectivity index (χ3v) is 6.75. The maximum Gasteiger partial charge on any atom is 0.238 e. The molecule has 1 saturated heterocycles. The van der Waals surface area contributed by atoms with Crippen LogP contribution in [0.25, 0.3) is 6.08 Å². The minimum atomic E-state index is -3.73. The number of hydrogen-bond donors (Lipinski definition) is 2. The standard InChI is InChI=1S/C25H32N4O4S/c1-3-22-6-4-5-7-23(22)27-24(30)19-28-13-15-29(16-14-28)25(31)18-26-34(32,33)17-12-21-10-8-20(2)9-11-21/h4-12,17,26H,3,13-16,18-19H2,1-2H3,(H,27,30)/b17-12+. The van der Waals surface area contributed by atoms with Crippen molar-refractivity contribution in [1.82, 2.24) is 14.5 Å². The average molecular weight is 485 g/mol. The van der Waals surface area contributed by atoms with Crippen molar-refractivity contribution < 1.29 is 18.0 Å². The maximum absolute atomic E-state index is 12.5. The second kappa shape index (κ2) is 11.9. The van der Waals surface area contributed by atoms with Crippen LogP contribution < -0.4 is 10.0 Å². The Hall–Kier alpha value is -3.01. The van der Waals surface area contributed by atoms with E-state index < -0.39 is 10.0 Å². The monoisotopic (exact) mass is 484 g/mol. The molecule has 0 spiro atoms. The van der Waals surface area contributed by atoms with Crippen LogP contribution in [0.5, 0.6) is 0 Å². The summed E-state index contributed by atoms with van der Waals surface area (Å²) in [5.74, 6) is -0.373. The normalized spacial score (nSPS) is 14.9. The molecule has 0 radical (unpaired) electrons. The Morgan fingerprint density at radius 3 is 2.35 bits per heavy atom. The van der Waals surface area contributed by atoms with Gasteiger partial charge in [-0.05, 0) is 36.6 Å². The van der Waals surface area contributed by atoms with Crippen molar-refractivity contribution in [1.29, 1.82) is 0 Å². The van der Waals surface area contributed by atoms with Gasteiger partial charge in [0, 0.05) is 37.3 Å². The van der Waals surface area contributed by atoms with E-state index in [9.17, 15) is 18.0 Å². The molecule has 2 N–H and O–H groups in total. The molecule has 0 bridgehead atoms. The van der Waals surface area contributed by atoms with Gasteiger partial charge in [-0.1, -0.05) is 55.0 Å². The zero-order valence-electron chi connectivity index (χ0n) is 19.7. The molecular weight excluding hydrogens is 452 g/mol. The largest absolute Gasteiger partial charge is 0.339 e. The highest BCUT2D eigenvalue weighted by atomic mass is 32.2. The van der Waals surface area contributed by atoms with Gasteiger partial charge in [-0.25, -0.2) is 13.1 Å². The lowest BCUT2D eigenvalue weighted by atomic mass is 10.1. The van der Waals surface area contributed by atoms with Crippen LogP contribution in [0.3, 0.4) is 0 Å². The molecule has 34 heavy (non-hydrogen) atoms. The third-order valence-electron chi connectivity index (χ3n) is 5.71. The third kappa shape index (κ3) is 7.79. The molecule has 0 aliphatic carbocycles. The molecule has 0 unspecified atom stereocenters. The molecule has 1 fully saturated rings. The maximum atomic E-state index is 12.5. The van der Waals surface area contributed by atoms with Crippen molar-refractivity contribution in [3.05, 3.63) is 70.6 Å². The number of nitrogens with one attached hydrogen (secondary N) is 2. The SMILES string of the molecule is CCc1ccccc1NC(=O)CN1CCN(C(=O)CNS(=O)(=O)/C=C/c2ccc(C)cc2)CC1. The Bertz CT molecular complexity index is 1120. The Kier molecular flexibility index (Phi) is 8.98. The summed E-state index contributed by atoms with van der Waals surface area (Å²) in [5.41, 5.74) is 3.77. The van der Waals surface area contributed by atoms with Crippen LogP contribution in [0.15, 0.2) is 53.9 Å². The predicted octanol–water partition coefficient (Wildman–Crippen LogP) is 2.23. The zero-order chi connectivity index (χ0) is 24.6. The van der Waals surface area contributed by atoms with Gasteiger partial charge in [0.25, 0.3) is 0 Å². The summed E-state index contributed by atoms with van der Waals surface area (Å²) in [6.45, 7) is 5.94. The number of para-hydroxylation sites is 1. The fourth-order valence-electron chi connectivity index (χ4n) is 3.67. The van der Waals surface area contributed by atoms with Crippen LogP contribution in [-0.4, -0.2) is 69.3 Å². The fourth-order valence-corrected chi connectivity index (χ4v) is 4.42. The van der Waals surface area contributed by atoms with Crippen LogP contribution in [-0.2, 0) is 26.0 Å². The molecule has 1 aliphatic rings. The highest BCUT2D eigenvalue weighted by Crippen LogP contribution is 2.15. The lowest BCUT2D eigenvalue weighted by molar-refractivity contribution is -0.131. The van der Waals surface area contributed by atoms with Gasteiger partial charge in [-0.3, -0.25) is 14.5 Å². The van der Waals surface area contributed by atoms with E-state index in [-0.39, 0.29) is 24.9 Å². The number of anilines is 1. The van der Waals surface area contributed by atoms with Crippen molar-refractivity contribution in [2.75, 3.05) is 44.6 Å². The molecule has 2 aromatic carbocycles. The van der Waals surface area contributed by atoms with Crippen LogP contribution in [0, 0.1) is 6.92 Å². The number of nitrogens with zero attached hydrogens (tertiary/aromatic N) is 2. The van der Waals surface area contributed by atoms with Gasteiger partial charge in [-0.15, -0.1) is 0 Å².